The number of imidazole rings is 1. The number of benzene rings is 1. The number of aromatic nitrogens is 2. The molecule has 1 aromatic heterocycles. The lowest BCUT2D eigenvalue weighted by atomic mass is 9.99. The molecular weight excluding hydrogens is 330 g/mol. The average molecular weight is 357 g/mol. The Kier molecular flexibility index (Phi) is 5.13. The lowest BCUT2D eigenvalue weighted by Crippen LogP contribution is -2.44. The second kappa shape index (κ2) is 7.68. The highest BCUT2D eigenvalue weighted by atomic mass is 16.7. The first-order chi connectivity index (χ1) is 12.7. The van der Waals surface area contributed by atoms with Crippen LogP contribution in [0.1, 0.15) is 43.7 Å². The molecule has 2 aliphatic rings. The van der Waals surface area contributed by atoms with Crippen LogP contribution >= 0.6 is 0 Å². The van der Waals surface area contributed by atoms with Gasteiger partial charge in [-0.05, 0) is 50.3 Å². The predicted octanol–water partition coefficient (Wildman–Crippen LogP) is 2.98. The van der Waals surface area contributed by atoms with Gasteiger partial charge < -0.3 is 24.1 Å². The Balaban J connectivity index is 1.34. The van der Waals surface area contributed by atoms with Gasteiger partial charge in [0, 0.05) is 38.1 Å². The largest absolute Gasteiger partial charge is 0.454 e. The van der Waals surface area contributed by atoms with E-state index in [2.05, 4.69) is 33.9 Å². The maximum atomic E-state index is 6.05. The van der Waals surface area contributed by atoms with Crippen molar-refractivity contribution in [2.45, 2.75) is 50.8 Å². The molecule has 0 amide bonds. The van der Waals surface area contributed by atoms with Crippen LogP contribution in [0.4, 0.5) is 0 Å². The molecule has 0 unspecified atom stereocenters. The van der Waals surface area contributed by atoms with Crippen LogP contribution in [-0.2, 0) is 18.2 Å². The first kappa shape index (κ1) is 17.4. The molecule has 0 radical (unpaired) electrons. The van der Waals surface area contributed by atoms with E-state index in [1.54, 1.807) is 0 Å². The number of ether oxygens (including phenoxy) is 3. The van der Waals surface area contributed by atoms with Crippen molar-refractivity contribution < 1.29 is 14.2 Å². The fourth-order valence-electron chi connectivity index (χ4n) is 3.79. The van der Waals surface area contributed by atoms with Gasteiger partial charge in [-0.1, -0.05) is 6.07 Å². The van der Waals surface area contributed by atoms with E-state index in [0.29, 0.717) is 18.9 Å². The van der Waals surface area contributed by atoms with Crippen molar-refractivity contribution in [3.05, 3.63) is 42.0 Å². The Bertz CT molecular complexity index is 746. The summed E-state index contributed by atoms with van der Waals surface area (Å²) in [4.78, 5) is 4.50. The van der Waals surface area contributed by atoms with Crippen molar-refractivity contribution in [3.8, 4) is 11.5 Å². The van der Waals surface area contributed by atoms with E-state index in [9.17, 15) is 0 Å². The van der Waals surface area contributed by atoms with Crippen molar-refractivity contribution in [1.82, 2.24) is 14.9 Å². The normalized spacial score (nSPS) is 23.2. The fraction of sp³-hybridized carbons (Fsp3) is 0.550. The Hall–Kier alpha value is -2.05. The molecule has 4 rings (SSSR count). The number of hydrogen-bond acceptors (Lipinski definition) is 5. The summed E-state index contributed by atoms with van der Waals surface area (Å²) in [6.45, 7) is 3.38. The van der Waals surface area contributed by atoms with Crippen molar-refractivity contribution in [2.75, 3.05) is 13.4 Å². The van der Waals surface area contributed by atoms with Gasteiger partial charge in [-0.25, -0.2) is 4.98 Å². The van der Waals surface area contributed by atoms with Crippen LogP contribution in [0, 0.1) is 0 Å². The van der Waals surface area contributed by atoms with Crippen molar-refractivity contribution in [1.29, 1.82) is 0 Å². The summed E-state index contributed by atoms with van der Waals surface area (Å²) in [5.41, 5.74) is 1.28. The second-order valence-corrected chi connectivity index (χ2v) is 7.23. The molecule has 0 aliphatic carbocycles. The average Bonchev–Trinajstić information content (AvgIpc) is 3.28. The molecule has 2 aromatic rings. The summed E-state index contributed by atoms with van der Waals surface area (Å²) >= 11 is 0. The lowest BCUT2D eigenvalue weighted by molar-refractivity contribution is -0.0201. The zero-order valence-electron chi connectivity index (χ0n) is 15.5. The van der Waals surface area contributed by atoms with Crippen LogP contribution in [0.3, 0.4) is 0 Å². The van der Waals surface area contributed by atoms with Crippen molar-refractivity contribution >= 4 is 0 Å². The number of fused-ring (bicyclic) bond motifs is 1. The minimum atomic E-state index is 0.0248. The van der Waals surface area contributed by atoms with Crippen LogP contribution in [0.25, 0.3) is 0 Å². The van der Waals surface area contributed by atoms with E-state index < -0.39 is 0 Å². The molecular formula is C20H27N3O3. The van der Waals surface area contributed by atoms with Gasteiger partial charge in [0.25, 0.3) is 0 Å². The van der Waals surface area contributed by atoms with Gasteiger partial charge in [-0.3, -0.25) is 0 Å². The molecule has 3 atom stereocenters. The summed E-state index contributed by atoms with van der Waals surface area (Å²) in [5, 5.41) is 3.77. The van der Waals surface area contributed by atoms with Gasteiger partial charge >= 0.3 is 0 Å². The van der Waals surface area contributed by atoms with E-state index in [1.165, 1.54) is 5.56 Å². The number of rotatable bonds is 6. The quantitative estimate of drug-likeness (QED) is 0.861. The van der Waals surface area contributed by atoms with Crippen LogP contribution in [0.15, 0.2) is 30.6 Å². The SMILES string of the molecule is C[C@@H](CCc1ccc2c(c1)OCO2)N[C@H]1CCCO[C@@H]1c1nccn1C. The number of hydrogen-bond donors (Lipinski definition) is 1. The van der Waals surface area contributed by atoms with E-state index in [4.69, 9.17) is 14.2 Å². The maximum absolute atomic E-state index is 6.05. The molecule has 1 fully saturated rings. The van der Waals surface area contributed by atoms with Gasteiger partial charge in [0.2, 0.25) is 6.79 Å². The smallest absolute Gasteiger partial charge is 0.231 e. The molecule has 1 saturated heterocycles. The van der Waals surface area contributed by atoms with E-state index in [0.717, 1.165) is 49.6 Å². The topological polar surface area (TPSA) is 57.5 Å². The highest BCUT2D eigenvalue weighted by molar-refractivity contribution is 5.44. The Labute approximate surface area is 154 Å². The maximum Gasteiger partial charge on any atom is 0.231 e. The zero-order chi connectivity index (χ0) is 17.9. The van der Waals surface area contributed by atoms with Gasteiger partial charge in [0.05, 0.1) is 0 Å². The first-order valence-corrected chi connectivity index (χ1v) is 9.44. The number of nitrogens with one attached hydrogen (secondary N) is 1. The molecule has 6 nitrogen and oxygen atoms in total. The monoisotopic (exact) mass is 357 g/mol. The molecule has 2 aliphatic heterocycles. The molecule has 0 saturated carbocycles. The molecule has 0 spiro atoms. The molecule has 1 N–H and O–H groups in total. The molecule has 1 aromatic carbocycles. The van der Waals surface area contributed by atoms with Gasteiger partial charge in [-0.2, -0.15) is 0 Å². The number of aryl methyl sites for hydroxylation is 2. The van der Waals surface area contributed by atoms with Crippen LogP contribution < -0.4 is 14.8 Å². The highest BCUT2D eigenvalue weighted by Gasteiger charge is 2.30. The summed E-state index contributed by atoms with van der Waals surface area (Å²) in [6, 6.07) is 6.92. The third-order valence-corrected chi connectivity index (χ3v) is 5.24. The van der Waals surface area contributed by atoms with Gasteiger partial charge in [-0.15, -0.1) is 0 Å². The molecule has 6 heteroatoms. The van der Waals surface area contributed by atoms with Gasteiger partial charge in [0.1, 0.15) is 11.9 Å². The minimum absolute atomic E-state index is 0.0248. The lowest BCUT2D eigenvalue weighted by Gasteiger charge is -2.34. The highest BCUT2D eigenvalue weighted by Crippen LogP contribution is 2.33. The summed E-state index contributed by atoms with van der Waals surface area (Å²) in [6.07, 6.45) is 8.12. The first-order valence-electron chi connectivity index (χ1n) is 9.44. The Morgan fingerprint density at radius 3 is 3.04 bits per heavy atom. The summed E-state index contributed by atoms with van der Waals surface area (Å²) in [5.74, 6) is 2.71. The molecule has 26 heavy (non-hydrogen) atoms. The second-order valence-electron chi connectivity index (χ2n) is 7.23. The zero-order valence-corrected chi connectivity index (χ0v) is 15.5. The Morgan fingerprint density at radius 2 is 2.19 bits per heavy atom. The van der Waals surface area contributed by atoms with E-state index in [-0.39, 0.29) is 6.10 Å². The van der Waals surface area contributed by atoms with Crippen molar-refractivity contribution in [3.63, 3.8) is 0 Å². The van der Waals surface area contributed by atoms with Crippen LogP contribution in [-0.4, -0.2) is 35.0 Å². The predicted molar refractivity (Wildman–Crippen MR) is 98.4 cm³/mol. The van der Waals surface area contributed by atoms with E-state index >= 15 is 0 Å². The third kappa shape index (κ3) is 3.71. The summed E-state index contributed by atoms with van der Waals surface area (Å²) < 4.78 is 19.0. The molecule has 0 bridgehead atoms. The van der Waals surface area contributed by atoms with Crippen molar-refractivity contribution in [2.24, 2.45) is 7.05 Å². The third-order valence-electron chi connectivity index (χ3n) is 5.24. The van der Waals surface area contributed by atoms with Crippen LogP contribution in [0.5, 0.6) is 11.5 Å². The Morgan fingerprint density at radius 1 is 1.31 bits per heavy atom. The molecule has 3 heterocycles. The standard InChI is InChI=1S/C20H27N3O3/c1-14(5-6-15-7-8-17-18(12-15)26-13-25-17)22-16-4-3-11-24-19(16)20-21-9-10-23(20)2/h7-10,12,14,16,19,22H,3-6,11,13H2,1-2H3/t14-,16-,19-/m0/s1. The minimum Gasteiger partial charge on any atom is -0.454 e. The molecule has 140 valence electrons. The number of nitrogens with zero attached hydrogens (tertiary/aromatic N) is 2. The van der Waals surface area contributed by atoms with Gasteiger partial charge in [0.15, 0.2) is 11.5 Å². The summed E-state index contributed by atoms with van der Waals surface area (Å²) in [7, 11) is 2.03. The van der Waals surface area contributed by atoms with E-state index in [1.807, 2.05) is 25.5 Å². The fourth-order valence-corrected chi connectivity index (χ4v) is 3.79. The van der Waals surface area contributed by atoms with Crippen LogP contribution in [0.2, 0.25) is 0 Å².